The molecule has 2 atom stereocenters. The largest absolute Gasteiger partial charge is 0.455 e. The van der Waals surface area contributed by atoms with E-state index >= 15 is 0 Å². The Morgan fingerprint density at radius 1 is 1.30 bits per heavy atom. The molecule has 0 spiro atoms. The summed E-state index contributed by atoms with van der Waals surface area (Å²) >= 11 is 1.63. The lowest BCUT2D eigenvalue weighted by atomic mass is 10.0. The van der Waals surface area contributed by atoms with Gasteiger partial charge in [0.05, 0.1) is 23.3 Å². The summed E-state index contributed by atoms with van der Waals surface area (Å²) in [7, 11) is -3.09. The number of thioether (sulfide) groups is 1. The fourth-order valence-electron chi connectivity index (χ4n) is 3.52. The Hall–Kier alpha value is -0.990. The number of sulfone groups is 1. The van der Waals surface area contributed by atoms with Crippen LogP contribution in [0.1, 0.15) is 23.2 Å². The molecule has 0 saturated carbocycles. The second-order valence-electron chi connectivity index (χ2n) is 6.04. The van der Waals surface area contributed by atoms with Gasteiger partial charge >= 0.3 is 0 Å². The second kappa shape index (κ2) is 6.49. The van der Waals surface area contributed by atoms with Crippen molar-refractivity contribution in [2.45, 2.75) is 24.8 Å². The molecular formula is C15H22N2O4S2. The fraction of sp³-hybridized carbons (Fsp3) is 0.667. The SMILES string of the molecule is CCN1CCN(C(=O)c2ccc(CSC)o2)[C@H]2CS(=O)(=O)C[C@H]21. The van der Waals surface area contributed by atoms with Crippen molar-refractivity contribution in [3.8, 4) is 0 Å². The number of rotatable bonds is 4. The van der Waals surface area contributed by atoms with Crippen LogP contribution < -0.4 is 0 Å². The Morgan fingerprint density at radius 3 is 2.74 bits per heavy atom. The minimum Gasteiger partial charge on any atom is -0.455 e. The molecular weight excluding hydrogens is 336 g/mol. The predicted octanol–water partition coefficient (Wildman–Crippen LogP) is 1.09. The number of likely N-dealkylation sites (N-methyl/N-ethyl adjacent to an activating group) is 1. The molecule has 0 aromatic carbocycles. The first-order chi connectivity index (χ1) is 10.9. The van der Waals surface area contributed by atoms with E-state index < -0.39 is 9.84 Å². The van der Waals surface area contributed by atoms with E-state index in [1.807, 2.05) is 19.2 Å². The molecule has 0 aliphatic carbocycles. The van der Waals surface area contributed by atoms with Gasteiger partial charge in [-0.1, -0.05) is 6.92 Å². The van der Waals surface area contributed by atoms with Crippen molar-refractivity contribution < 1.29 is 17.6 Å². The summed E-state index contributed by atoms with van der Waals surface area (Å²) in [5.74, 6) is 1.80. The van der Waals surface area contributed by atoms with Gasteiger partial charge in [-0.3, -0.25) is 9.69 Å². The summed E-state index contributed by atoms with van der Waals surface area (Å²) in [5, 5.41) is 0. The van der Waals surface area contributed by atoms with Crippen LogP contribution >= 0.6 is 11.8 Å². The van der Waals surface area contributed by atoms with Crippen molar-refractivity contribution in [1.29, 1.82) is 0 Å². The summed E-state index contributed by atoms with van der Waals surface area (Å²) in [6.45, 7) is 4.08. The molecule has 0 radical (unpaired) electrons. The molecule has 1 amide bonds. The number of hydrogen-bond donors (Lipinski definition) is 0. The van der Waals surface area contributed by atoms with E-state index in [2.05, 4.69) is 4.90 Å². The number of nitrogens with zero attached hydrogens (tertiary/aromatic N) is 2. The minimum absolute atomic E-state index is 0.0539. The highest BCUT2D eigenvalue weighted by Crippen LogP contribution is 2.28. The van der Waals surface area contributed by atoms with Crippen molar-refractivity contribution in [2.24, 2.45) is 0 Å². The first-order valence-electron chi connectivity index (χ1n) is 7.78. The summed E-state index contributed by atoms with van der Waals surface area (Å²) in [5.41, 5.74) is 0. The second-order valence-corrected chi connectivity index (χ2v) is 9.06. The average Bonchev–Trinajstić information content (AvgIpc) is 3.09. The van der Waals surface area contributed by atoms with Crippen LogP contribution in [-0.2, 0) is 15.6 Å². The van der Waals surface area contributed by atoms with Crippen LogP contribution in [0.15, 0.2) is 16.5 Å². The number of piperazine rings is 1. The molecule has 0 N–H and O–H groups in total. The van der Waals surface area contributed by atoms with Gasteiger partial charge in [0.15, 0.2) is 15.6 Å². The van der Waals surface area contributed by atoms with Crippen molar-refractivity contribution in [2.75, 3.05) is 37.4 Å². The van der Waals surface area contributed by atoms with Crippen LogP contribution in [0.5, 0.6) is 0 Å². The van der Waals surface area contributed by atoms with Gasteiger partial charge in [-0.05, 0) is 24.9 Å². The van der Waals surface area contributed by atoms with Gasteiger partial charge in [0.1, 0.15) is 5.76 Å². The van der Waals surface area contributed by atoms with Gasteiger partial charge in [0, 0.05) is 19.1 Å². The monoisotopic (exact) mass is 358 g/mol. The van der Waals surface area contributed by atoms with E-state index in [0.29, 0.717) is 18.8 Å². The lowest BCUT2D eigenvalue weighted by molar-refractivity contribution is 0.0323. The van der Waals surface area contributed by atoms with E-state index in [9.17, 15) is 13.2 Å². The summed E-state index contributed by atoms with van der Waals surface area (Å²) in [6.07, 6.45) is 1.97. The third kappa shape index (κ3) is 3.29. The van der Waals surface area contributed by atoms with E-state index in [1.165, 1.54) is 0 Å². The van der Waals surface area contributed by atoms with Gasteiger partial charge in [0.25, 0.3) is 5.91 Å². The minimum atomic E-state index is -3.09. The highest BCUT2D eigenvalue weighted by molar-refractivity contribution is 7.97. The van der Waals surface area contributed by atoms with E-state index in [4.69, 9.17) is 4.42 Å². The van der Waals surface area contributed by atoms with Crippen LogP contribution in [0.3, 0.4) is 0 Å². The van der Waals surface area contributed by atoms with E-state index in [-0.39, 0.29) is 29.5 Å². The number of amides is 1. The summed E-state index contributed by atoms with van der Waals surface area (Å²) in [6, 6.07) is 3.15. The standard InChI is InChI=1S/C15H22N2O4S2/c1-3-16-6-7-17(13-10-23(19,20)9-12(13)16)15(18)14-5-4-11(21-14)8-22-2/h4-5,12-13H,3,6-10H2,1-2H3/t12-,13+/m1/s1. The van der Waals surface area contributed by atoms with E-state index in [0.717, 1.165) is 18.1 Å². The number of carbonyl (C=O) groups is 1. The van der Waals surface area contributed by atoms with Crippen molar-refractivity contribution in [3.05, 3.63) is 23.7 Å². The Bertz CT molecular complexity index is 685. The third-order valence-electron chi connectivity index (χ3n) is 4.62. The quantitative estimate of drug-likeness (QED) is 0.802. The molecule has 3 rings (SSSR count). The first-order valence-corrected chi connectivity index (χ1v) is 11.0. The van der Waals surface area contributed by atoms with Gasteiger partial charge in [0.2, 0.25) is 0 Å². The number of fused-ring (bicyclic) bond motifs is 1. The molecule has 2 fully saturated rings. The Kier molecular flexibility index (Phi) is 4.75. The molecule has 2 aliphatic rings. The molecule has 2 aliphatic heterocycles. The summed E-state index contributed by atoms with van der Waals surface area (Å²) in [4.78, 5) is 16.6. The molecule has 6 nitrogen and oxygen atoms in total. The van der Waals surface area contributed by atoms with Gasteiger partial charge in [-0.2, -0.15) is 11.8 Å². The predicted molar refractivity (Wildman–Crippen MR) is 90.4 cm³/mol. The zero-order valence-electron chi connectivity index (χ0n) is 13.4. The molecule has 128 valence electrons. The molecule has 0 bridgehead atoms. The van der Waals surface area contributed by atoms with Crippen LogP contribution in [-0.4, -0.2) is 73.6 Å². The zero-order chi connectivity index (χ0) is 16.6. The normalized spacial score (nSPS) is 27.1. The number of furan rings is 1. The lowest BCUT2D eigenvalue weighted by Gasteiger charge is -2.43. The first kappa shape index (κ1) is 16.9. The average molecular weight is 358 g/mol. The lowest BCUT2D eigenvalue weighted by Crippen LogP contribution is -2.60. The number of hydrogen-bond acceptors (Lipinski definition) is 6. The molecule has 3 heterocycles. The Labute approximate surface area is 141 Å². The molecule has 0 unspecified atom stereocenters. The number of carbonyl (C=O) groups excluding carboxylic acids is 1. The van der Waals surface area contributed by atoms with Crippen LogP contribution in [0.2, 0.25) is 0 Å². The van der Waals surface area contributed by atoms with Crippen LogP contribution in [0.25, 0.3) is 0 Å². The van der Waals surface area contributed by atoms with Crippen molar-refractivity contribution in [3.63, 3.8) is 0 Å². The molecule has 8 heteroatoms. The molecule has 2 saturated heterocycles. The Morgan fingerprint density at radius 2 is 2.04 bits per heavy atom. The molecule has 1 aromatic rings. The van der Waals surface area contributed by atoms with E-state index in [1.54, 1.807) is 22.7 Å². The maximum absolute atomic E-state index is 12.8. The van der Waals surface area contributed by atoms with Gasteiger partial charge in [-0.15, -0.1) is 0 Å². The fourth-order valence-corrected chi connectivity index (χ4v) is 5.98. The van der Waals surface area contributed by atoms with Gasteiger partial charge in [-0.25, -0.2) is 8.42 Å². The van der Waals surface area contributed by atoms with Crippen LogP contribution in [0.4, 0.5) is 0 Å². The molecule has 23 heavy (non-hydrogen) atoms. The third-order valence-corrected chi connectivity index (χ3v) is 6.89. The van der Waals surface area contributed by atoms with Crippen molar-refractivity contribution >= 4 is 27.5 Å². The van der Waals surface area contributed by atoms with Crippen LogP contribution in [0, 0.1) is 0 Å². The maximum atomic E-state index is 12.8. The smallest absolute Gasteiger partial charge is 0.289 e. The highest BCUT2D eigenvalue weighted by atomic mass is 32.2. The highest BCUT2D eigenvalue weighted by Gasteiger charge is 2.48. The van der Waals surface area contributed by atoms with Crippen molar-refractivity contribution in [1.82, 2.24) is 9.80 Å². The summed E-state index contributed by atoms with van der Waals surface area (Å²) < 4.78 is 29.7. The zero-order valence-corrected chi connectivity index (χ0v) is 15.0. The maximum Gasteiger partial charge on any atom is 0.289 e. The topological polar surface area (TPSA) is 70.8 Å². The Balaban J connectivity index is 1.82. The molecule has 1 aromatic heterocycles. The van der Waals surface area contributed by atoms with Gasteiger partial charge < -0.3 is 9.32 Å².